The molecule has 2 saturated heterocycles. The van der Waals surface area contributed by atoms with Crippen LogP contribution in [0.15, 0.2) is 29.3 Å². The molecule has 0 aromatic heterocycles. The summed E-state index contributed by atoms with van der Waals surface area (Å²) in [6, 6.07) is 7.64. The smallest absolute Gasteiger partial charge is 0.332 e. The Bertz CT molecular complexity index is 611. The molecule has 3 rings (SSSR count). The number of amidine groups is 1. The van der Waals surface area contributed by atoms with Crippen LogP contribution >= 0.6 is 11.8 Å². The van der Waals surface area contributed by atoms with E-state index in [1.807, 2.05) is 31.2 Å². The molecule has 0 unspecified atom stereocenters. The van der Waals surface area contributed by atoms with Gasteiger partial charge in [0, 0.05) is 6.42 Å². The molecular weight excluding hydrogens is 276 g/mol. The van der Waals surface area contributed by atoms with Crippen molar-refractivity contribution in [2.75, 3.05) is 0 Å². The highest BCUT2D eigenvalue weighted by Gasteiger charge is 2.59. The van der Waals surface area contributed by atoms with Gasteiger partial charge in [-0.05, 0) is 26.0 Å². The second-order valence-electron chi connectivity index (χ2n) is 5.06. The molecule has 1 amide bonds. The second kappa shape index (κ2) is 4.63. The zero-order valence-corrected chi connectivity index (χ0v) is 12.0. The highest BCUT2D eigenvalue weighted by molar-refractivity contribution is 8.17. The number of aryl methyl sites for hydroxylation is 1. The molecule has 2 atom stereocenters. The molecule has 104 valence electrons. The van der Waals surface area contributed by atoms with Crippen LogP contribution in [-0.2, 0) is 14.3 Å². The van der Waals surface area contributed by atoms with E-state index in [-0.39, 0.29) is 12.0 Å². The van der Waals surface area contributed by atoms with Gasteiger partial charge in [0.2, 0.25) is 4.75 Å². The number of benzene rings is 1. The van der Waals surface area contributed by atoms with Crippen molar-refractivity contribution in [1.29, 1.82) is 0 Å². The minimum Gasteiger partial charge on any atom is -0.461 e. The number of hydrogen-bond acceptors (Lipinski definition) is 5. The summed E-state index contributed by atoms with van der Waals surface area (Å²) in [7, 11) is 0. The minimum absolute atomic E-state index is 0.237. The van der Waals surface area contributed by atoms with Crippen LogP contribution in [0.5, 0.6) is 0 Å². The quantitative estimate of drug-likeness (QED) is 0.634. The Balaban J connectivity index is 1.87. The number of ether oxygens (including phenoxy) is 1. The summed E-state index contributed by atoms with van der Waals surface area (Å²) >= 11 is 1.15. The van der Waals surface area contributed by atoms with E-state index in [2.05, 4.69) is 10.3 Å². The molecule has 1 aromatic carbocycles. The van der Waals surface area contributed by atoms with Crippen LogP contribution in [0.2, 0.25) is 0 Å². The zero-order valence-electron chi connectivity index (χ0n) is 11.2. The first kappa shape index (κ1) is 13.2. The molecule has 1 aromatic rings. The summed E-state index contributed by atoms with van der Waals surface area (Å²) in [5, 5.41) is 3.12. The lowest BCUT2D eigenvalue weighted by Gasteiger charge is -2.10. The fourth-order valence-electron chi connectivity index (χ4n) is 2.30. The van der Waals surface area contributed by atoms with E-state index in [4.69, 9.17) is 4.74 Å². The Labute approximate surface area is 120 Å². The lowest BCUT2D eigenvalue weighted by Crippen LogP contribution is -2.40. The summed E-state index contributed by atoms with van der Waals surface area (Å²) in [5.74, 6) is -0.802. The monoisotopic (exact) mass is 290 g/mol. The van der Waals surface area contributed by atoms with Gasteiger partial charge in [0.15, 0.2) is 5.17 Å². The zero-order chi connectivity index (χ0) is 14.3. The third-order valence-electron chi connectivity index (χ3n) is 3.34. The van der Waals surface area contributed by atoms with Crippen molar-refractivity contribution >= 4 is 34.5 Å². The minimum atomic E-state index is -1.15. The van der Waals surface area contributed by atoms with Crippen LogP contribution < -0.4 is 5.32 Å². The molecule has 2 aliphatic rings. The molecule has 20 heavy (non-hydrogen) atoms. The van der Waals surface area contributed by atoms with E-state index >= 15 is 0 Å². The molecule has 1 spiro atoms. The number of nitrogens with zero attached hydrogens (tertiary/aromatic N) is 1. The first-order valence-corrected chi connectivity index (χ1v) is 7.18. The second-order valence-corrected chi connectivity index (χ2v) is 6.34. The van der Waals surface area contributed by atoms with Gasteiger partial charge in [-0.15, -0.1) is 0 Å². The predicted octanol–water partition coefficient (Wildman–Crippen LogP) is 1.92. The van der Waals surface area contributed by atoms with Gasteiger partial charge in [0.25, 0.3) is 5.91 Å². The molecular formula is C14H14N2O3S. The fourth-order valence-corrected chi connectivity index (χ4v) is 3.52. The Morgan fingerprint density at radius 3 is 2.65 bits per heavy atom. The number of aliphatic imine (C=N–C) groups is 1. The Hall–Kier alpha value is -1.82. The van der Waals surface area contributed by atoms with Crippen LogP contribution in [0.25, 0.3) is 0 Å². The molecule has 2 heterocycles. The topological polar surface area (TPSA) is 67.8 Å². The Kier molecular flexibility index (Phi) is 3.05. The van der Waals surface area contributed by atoms with Crippen molar-refractivity contribution in [3.8, 4) is 0 Å². The van der Waals surface area contributed by atoms with Crippen molar-refractivity contribution in [2.24, 2.45) is 4.99 Å². The number of cyclic esters (lactones) is 1. The molecule has 0 aliphatic carbocycles. The van der Waals surface area contributed by atoms with Gasteiger partial charge in [-0.25, -0.2) is 9.79 Å². The van der Waals surface area contributed by atoms with Crippen LogP contribution in [0, 0.1) is 6.92 Å². The summed E-state index contributed by atoms with van der Waals surface area (Å²) < 4.78 is 3.96. The number of esters is 1. The SMILES string of the molecule is Cc1ccc(N=C2NC(=O)[C@@]3(C[C@H](C)OC3=O)S2)cc1. The summed E-state index contributed by atoms with van der Waals surface area (Å²) in [5.41, 5.74) is 1.89. The fraction of sp³-hybridized carbons (Fsp3) is 0.357. The number of amides is 1. The predicted molar refractivity (Wildman–Crippen MR) is 76.9 cm³/mol. The lowest BCUT2D eigenvalue weighted by molar-refractivity contribution is -0.144. The number of thioether (sulfide) groups is 1. The van der Waals surface area contributed by atoms with E-state index in [1.165, 1.54) is 0 Å². The van der Waals surface area contributed by atoms with Crippen LogP contribution in [0.1, 0.15) is 18.9 Å². The van der Waals surface area contributed by atoms with E-state index in [0.717, 1.165) is 23.0 Å². The Morgan fingerprint density at radius 2 is 2.05 bits per heavy atom. The van der Waals surface area contributed by atoms with Crippen molar-refractivity contribution in [3.05, 3.63) is 29.8 Å². The first-order valence-electron chi connectivity index (χ1n) is 6.36. The first-order chi connectivity index (χ1) is 9.49. The number of nitrogens with one attached hydrogen (secondary N) is 1. The highest BCUT2D eigenvalue weighted by Crippen LogP contribution is 2.42. The van der Waals surface area contributed by atoms with Gasteiger partial charge in [-0.3, -0.25) is 4.79 Å². The van der Waals surface area contributed by atoms with Crippen LogP contribution in [0.4, 0.5) is 5.69 Å². The number of hydrogen-bond donors (Lipinski definition) is 1. The van der Waals surface area contributed by atoms with E-state index in [9.17, 15) is 9.59 Å². The largest absolute Gasteiger partial charge is 0.461 e. The third-order valence-corrected chi connectivity index (χ3v) is 4.59. The van der Waals surface area contributed by atoms with Crippen LogP contribution in [0.3, 0.4) is 0 Å². The number of rotatable bonds is 1. The van der Waals surface area contributed by atoms with Crippen molar-refractivity contribution < 1.29 is 14.3 Å². The molecule has 5 nitrogen and oxygen atoms in total. The van der Waals surface area contributed by atoms with E-state index < -0.39 is 10.7 Å². The molecule has 6 heteroatoms. The maximum atomic E-state index is 12.1. The van der Waals surface area contributed by atoms with Crippen LogP contribution in [-0.4, -0.2) is 27.9 Å². The average Bonchev–Trinajstić information content (AvgIpc) is 2.84. The average molecular weight is 290 g/mol. The van der Waals surface area contributed by atoms with E-state index in [1.54, 1.807) is 6.92 Å². The van der Waals surface area contributed by atoms with Crippen molar-refractivity contribution in [2.45, 2.75) is 31.1 Å². The van der Waals surface area contributed by atoms with Crippen molar-refractivity contribution in [3.63, 3.8) is 0 Å². The summed E-state index contributed by atoms with van der Waals surface area (Å²) in [4.78, 5) is 28.4. The van der Waals surface area contributed by atoms with Gasteiger partial charge < -0.3 is 10.1 Å². The molecule has 1 N–H and O–H groups in total. The lowest BCUT2D eigenvalue weighted by atomic mass is 10.0. The summed E-state index contributed by atoms with van der Waals surface area (Å²) in [6.07, 6.45) is 0.148. The Morgan fingerprint density at radius 1 is 1.35 bits per heavy atom. The van der Waals surface area contributed by atoms with Gasteiger partial charge in [0.1, 0.15) is 6.10 Å². The maximum absolute atomic E-state index is 12.1. The van der Waals surface area contributed by atoms with Gasteiger partial charge in [0.05, 0.1) is 5.69 Å². The number of carbonyl (C=O) groups excluding carboxylic acids is 2. The molecule has 0 radical (unpaired) electrons. The maximum Gasteiger partial charge on any atom is 0.332 e. The number of carbonyl (C=O) groups is 2. The molecule has 0 saturated carbocycles. The molecule has 2 aliphatic heterocycles. The molecule has 2 fully saturated rings. The van der Waals surface area contributed by atoms with Gasteiger partial charge >= 0.3 is 5.97 Å². The van der Waals surface area contributed by atoms with Crippen molar-refractivity contribution in [1.82, 2.24) is 5.32 Å². The van der Waals surface area contributed by atoms with Gasteiger partial charge in [-0.2, -0.15) is 0 Å². The molecule has 0 bridgehead atoms. The van der Waals surface area contributed by atoms with E-state index in [0.29, 0.717) is 11.6 Å². The van der Waals surface area contributed by atoms with Gasteiger partial charge in [-0.1, -0.05) is 29.5 Å². The standard InChI is InChI=1S/C14H14N2O3S/c1-8-3-5-10(6-4-8)15-13-16-11(17)14(20-13)7-9(2)19-12(14)18/h3-6,9H,7H2,1-2H3,(H,15,16,17)/t9-,14+/m0/s1. The highest BCUT2D eigenvalue weighted by atomic mass is 32.2. The normalized spacial score (nSPS) is 30.9. The third kappa shape index (κ3) is 2.10. The summed E-state index contributed by atoms with van der Waals surface area (Å²) in [6.45, 7) is 3.78.